The Balaban J connectivity index is 0.000000174. The van der Waals surface area contributed by atoms with Crippen molar-refractivity contribution in [1.29, 1.82) is 0 Å². The van der Waals surface area contributed by atoms with Gasteiger partial charge in [-0.25, -0.2) is 0 Å². The van der Waals surface area contributed by atoms with Gasteiger partial charge in [-0.1, -0.05) is 270 Å². The molecule has 4 N–H and O–H groups in total. The second-order valence-electron chi connectivity index (χ2n) is 42.1. The van der Waals surface area contributed by atoms with Gasteiger partial charge in [0.2, 0.25) is 5.91 Å². The number of ether oxygens (including phenoxy) is 1. The molecule has 0 aliphatic carbocycles. The Morgan fingerprint density at radius 1 is 0.304 bits per heavy atom. The van der Waals surface area contributed by atoms with E-state index in [2.05, 4.69) is 414 Å². The fourth-order valence-corrected chi connectivity index (χ4v) is 18.4. The van der Waals surface area contributed by atoms with Crippen LogP contribution in [0.2, 0.25) is 0 Å². The van der Waals surface area contributed by atoms with Crippen molar-refractivity contribution in [1.82, 2.24) is 35.2 Å². The quantitative estimate of drug-likeness (QED) is 0.0707. The zero-order valence-electron chi connectivity index (χ0n) is 89.7. The number of nitrogen functional groups attached to an aromatic ring is 1. The molecule has 0 atom stereocenters. The Morgan fingerprint density at radius 2 is 0.565 bits per heavy atom. The van der Waals surface area contributed by atoms with Gasteiger partial charge < -0.3 is 65.2 Å². The van der Waals surface area contributed by atoms with E-state index >= 15 is 0 Å². The van der Waals surface area contributed by atoms with Crippen LogP contribution >= 0.6 is 0 Å². The highest BCUT2D eigenvalue weighted by Gasteiger charge is 2.25. The van der Waals surface area contributed by atoms with Gasteiger partial charge in [0, 0.05) is 164 Å². The molecule has 138 heavy (non-hydrogen) atoms. The van der Waals surface area contributed by atoms with E-state index in [9.17, 15) is 4.79 Å². The number of nitrogens with zero attached hydrogens (tertiary/aromatic N) is 10. The third-order valence-corrected chi connectivity index (χ3v) is 28.6. The number of rotatable bonds is 18. The molecule has 7 aliphatic rings. The number of carbonyl (C=O) groups excluding carboxylic acids is 1. The van der Waals surface area contributed by atoms with Crippen LogP contribution in [0, 0.1) is 0 Å². The summed E-state index contributed by atoms with van der Waals surface area (Å²) < 4.78 is 5.34. The van der Waals surface area contributed by atoms with Crippen molar-refractivity contribution in [3.63, 3.8) is 0 Å². The maximum absolute atomic E-state index is 11.3. The largest absolute Gasteiger partial charge is 0.399 e. The summed E-state index contributed by atoms with van der Waals surface area (Å²) in [7, 11) is 8.80. The first-order valence-electron chi connectivity index (χ1n) is 52.9. The molecule has 0 saturated carbocycles. The molecule has 0 unspecified atom stereocenters. The average molecular weight is 1870 g/mol. The number of pyridine rings is 1. The zero-order valence-corrected chi connectivity index (χ0v) is 89.7. The first kappa shape index (κ1) is 112. The molecule has 750 valence electrons. The lowest BCUT2D eigenvalue weighted by atomic mass is 9.88. The van der Waals surface area contributed by atoms with E-state index in [-0.39, 0.29) is 5.91 Å². The average Bonchev–Trinajstić information content (AvgIpc) is 0.849. The minimum absolute atomic E-state index is 0.185. The van der Waals surface area contributed by atoms with E-state index in [0.29, 0.717) is 53.3 Å². The van der Waals surface area contributed by atoms with Gasteiger partial charge in [0.25, 0.3) is 0 Å². The van der Waals surface area contributed by atoms with Gasteiger partial charge in [-0.3, -0.25) is 9.78 Å². The van der Waals surface area contributed by atoms with E-state index in [0.717, 1.165) is 115 Å². The molecule has 0 spiro atoms. The van der Waals surface area contributed by atoms with Crippen molar-refractivity contribution in [3.8, 4) is 11.1 Å². The number of hydrogen-bond donors (Lipinski definition) is 3. The molecule has 7 aliphatic heterocycles. The highest BCUT2D eigenvalue weighted by Crippen LogP contribution is 2.33. The highest BCUT2D eigenvalue weighted by atomic mass is 16.5. The Morgan fingerprint density at radius 3 is 0.884 bits per heavy atom. The smallest absolute Gasteiger partial charge is 0.219 e. The normalized spacial score (nSPS) is 16.4. The number of nitrogens with one attached hydrogen (secondary N) is 2. The van der Waals surface area contributed by atoms with Crippen molar-refractivity contribution in [2.45, 2.75) is 241 Å². The highest BCUT2D eigenvalue weighted by molar-refractivity contribution is 5.73. The molecular formula is C123H181N13O2. The Hall–Kier alpha value is -9.84. The summed E-state index contributed by atoms with van der Waals surface area (Å²) in [6, 6.07) is 85.0. The Labute approximate surface area is 838 Å². The second kappa shape index (κ2) is 59.0. The van der Waals surface area contributed by atoms with Crippen LogP contribution in [-0.4, -0.2) is 209 Å². The number of nitrogens with two attached hydrogens (primary N) is 1. The van der Waals surface area contributed by atoms with E-state index in [1.807, 2.05) is 41.6 Å². The molecule has 17 rings (SSSR count). The number of anilines is 6. The van der Waals surface area contributed by atoms with Crippen molar-refractivity contribution in [2.24, 2.45) is 0 Å². The molecular weight excluding hydrogens is 1690 g/mol. The fourth-order valence-electron chi connectivity index (χ4n) is 18.4. The Kier molecular flexibility index (Phi) is 47.8. The topological polar surface area (TPSA) is 118 Å². The number of piperidine rings is 3. The number of morpholine rings is 1. The van der Waals surface area contributed by atoms with Crippen LogP contribution in [0.15, 0.2) is 243 Å². The van der Waals surface area contributed by atoms with Gasteiger partial charge in [-0.15, -0.1) is 0 Å². The van der Waals surface area contributed by atoms with Gasteiger partial charge in [-0.05, 0) is 315 Å². The lowest BCUT2D eigenvalue weighted by molar-refractivity contribution is -0.129. The molecule has 7 saturated heterocycles. The molecule has 0 radical (unpaired) electrons. The van der Waals surface area contributed by atoms with Crippen LogP contribution in [0.1, 0.15) is 296 Å². The third-order valence-electron chi connectivity index (χ3n) is 28.6. The first-order chi connectivity index (χ1) is 66.3. The third kappa shape index (κ3) is 38.0. The number of benzene rings is 9. The molecule has 8 heterocycles. The van der Waals surface area contributed by atoms with E-state index in [4.69, 9.17) is 10.5 Å². The lowest BCUT2D eigenvalue weighted by Crippen LogP contribution is -2.48. The van der Waals surface area contributed by atoms with Crippen LogP contribution < -0.4 is 40.9 Å². The number of aromatic nitrogens is 1. The SMILES string of the molecule is CC(=O)N1CCN(c2ccc(C(C)C)cc2)CC1.CC(C)c1ccc(-c2ccncc2)cc1.CC(C)c1ccc(C2CCN(C)CC2)cc1.CC(C)c1ccc(C2CCNCC2)cc1.CC(C)c1ccc(N)cc1.CC(C)c1ccc(N2CCC(N(C)C)CC2)cc1.CC(C)c1ccc(N2CCN(C)CC2)cc1.CC(C)c1ccc(N2CCNCC2)cc1.CC(C)c1ccc(N2CCOCC2)cc1. The summed E-state index contributed by atoms with van der Waals surface area (Å²) in [4.78, 5) is 36.6. The maximum atomic E-state index is 11.3. The van der Waals surface area contributed by atoms with Gasteiger partial charge >= 0.3 is 0 Å². The van der Waals surface area contributed by atoms with Gasteiger partial charge in [0.1, 0.15) is 0 Å². The second-order valence-corrected chi connectivity index (χ2v) is 42.1. The van der Waals surface area contributed by atoms with Crippen LogP contribution in [-0.2, 0) is 9.53 Å². The number of likely N-dealkylation sites (tertiary alicyclic amines) is 1. The number of carbonyl (C=O) groups is 1. The first-order valence-corrected chi connectivity index (χ1v) is 52.9. The van der Waals surface area contributed by atoms with Crippen molar-refractivity contribution >= 4 is 40.0 Å². The van der Waals surface area contributed by atoms with Crippen molar-refractivity contribution in [3.05, 3.63) is 304 Å². The minimum Gasteiger partial charge on any atom is -0.399 e. The van der Waals surface area contributed by atoms with Crippen LogP contribution in [0.5, 0.6) is 0 Å². The molecule has 15 nitrogen and oxygen atoms in total. The van der Waals surface area contributed by atoms with E-state index in [1.54, 1.807) is 6.92 Å². The predicted octanol–water partition coefficient (Wildman–Crippen LogP) is 26.4. The van der Waals surface area contributed by atoms with Gasteiger partial charge in [-0.2, -0.15) is 0 Å². The maximum Gasteiger partial charge on any atom is 0.219 e. The lowest BCUT2D eigenvalue weighted by Gasteiger charge is -2.36. The van der Waals surface area contributed by atoms with Gasteiger partial charge in [0.05, 0.1) is 13.2 Å². The molecule has 9 aromatic carbocycles. The molecule has 15 heteroatoms. The molecule has 1 amide bonds. The van der Waals surface area contributed by atoms with E-state index in [1.165, 1.54) is 192 Å². The van der Waals surface area contributed by atoms with Crippen LogP contribution in [0.25, 0.3) is 11.1 Å². The summed E-state index contributed by atoms with van der Waals surface area (Å²) in [5.74, 6) is 7.31. The molecule has 7 fully saturated rings. The summed E-state index contributed by atoms with van der Waals surface area (Å²) >= 11 is 0. The predicted molar refractivity (Wildman–Crippen MR) is 598 cm³/mol. The number of likely N-dealkylation sites (N-methyl/N-ethyl adjacent to an activating group) is 1. The monoisotopic (exact) mass is 1870 g/mol. The standard InChI is InChI=1S/C16H26N2.C15H22N2O.C15H23N.C14H22N2.C14H21N.C14H15N.C13H20N2.C13H19NO.C9H13N/c1-13(2)14-5-7-16(8-6-14)18-11-9-15(10-12-18)17(3)4;1-12(2)14-4-6-15(7-5-14)17-10-8-16(9-11-17)13(3)18;1-12(2)13-4-6-14(7-5-13)15-8-10-16(3)11-9-15;1-12(2)13-4-6-14(7-5-13)16-10-8-15(3)9-11-16;2*1-11(2)12-3-5-13(6-4-12)14-7-9-15-10-8-14;1-11(2)12-3-5-13(6-4-12)15-9-7-14-8-10-15;1-11(2)12-3-5-13(6-4-12)14-7-9-15-10-8-14;1-7(2)8-3-5-9(10)6-4-8/h5-8,13,15H,9-12H2,1-4H3;4-7,12H,8-11H2,1-3H3;4-7,12,15H,8-11H2,1-3H3;4-7,12H,8-11H2,1-3H3;3-6,11,14-15H,7-10H2,1-2H3;3-11H,1-2H3;3-6,11,14H,7-10H2,1-2H3;3-6,11H,7-10H2,1-2H3;3-7H,10H2,1-2H3. The van der Waals surface area contributed by atoms with Crippen LogP contribution in [0.4, 0.5) is 34.1 Å². The summed E-state index contributed by atoms with van der Waals surface area (Å²) in [6.07, 6.45) is 11.4. The van der Waals surface area contributed by atoms with Crippen LogP contribution in [0.3, 0.4) is 0 Å². The minimum atomic E-state index is 0.185. The van der Waals surface area contributed by atoms with Crippen molar-refractivity contribution < 1.29 is 9.53 Å². The molecule has 10 aromatic rings. The summed E-state index contributed by atoms with van der Waals surface area (Å²) in [5.41, 5.74) is 31.3. The summed E-state index contributed by atoms with van der Waals surface area (Å²) in [6.45, 7) is 65.3. The number of hydrogen-bond acceptors (Lipinski definition) is 14. The zero-order chi connectivity index (χ0) is 99.6. The summed E-state index contributed by atoms with van der Waals surface area (Å²) in [5, 5.41) is 6.79. The number of piperazine rings is 3. The van der Waals surface area contributed by atoms with E-state index < -0.39 is 0 Å². The molecule has 0 bridgehead atoms. The van der Waals surface area contributed by atoms with Gasteiger partial charge in [0.15, 0.2) is 0 Å². The fraction of sp³-hybridized carbons (Fsp3) is 0.512. The Bertz CT molecular complexity index is 4670. The number of amides is 1. The molecule has 1 aromatic heterocycles. The van der Waals surface area contributed by atoms with Crippen molar-refractivity contribution in [2.75, 3.05) is 203 Å².